The Bertz CT molecular complexity index is 354. The Hall–Kier alpha value is 0.797. The second-order valence-corrected chi connectivity index (χ2v) is 18.7. The van der Waals surface area contributed by atoms with Crippen molar-refractivity contribution >= 4 is 30.1 Å². The van der Waals surface area contributed by atoms with E-state index in [4.69, 9.17) is 22.7 Å². The molecular formula is C30H62Cl2Si. The highest BCUT2D eigenvalue weighted by atomic mass is 35.6. The van der Waals surface area contributed by atoms with Crippen molar-refractivity contribution in [1.29, 1.82) is 0 Å². The fraction of sp³-hybridized carbons (Fsp3) is 1.00. The first-order valence-electron chi connectivity index (χ1n) is 15.3. The van der Waals surface area contributed by atoms with Gasteiger partial charge in [-0.1, -0.05) is 174 Å². The lowest BCUT2D eigenvalue weighted by molar-refractivity contribution is 0.516. The molecule has 0 radical (unpaired) electrons. The van der Waals surface area contributed by atoms with Gasteiger partial charge in [-0.15, -0.1) is 11.6 Å². The minimum atomic E-state index is -1.31. The van der Waals surface area contributed by atoms with Gasteiger partial charge in [-0.3, -0.25) is 0 Å². The van der Waals surface area contributed by atoms with Crippen molar-refractivity contribution < 1.29 is 0 Å². The summed E-state index contributed by atoms with van der Waals surface area (Å²) in [7, 11) is -1.31. The Kier molecular flexibility index (Phi) is 28.0. The number of unbranched alkanes of at least 4 members (excludes halogenated alkanes) is 25. The van der Waals surface area contributed by atoms with Crippen LogP contribution in [0.5, 0.6) is 0 Å². The van der Waals surface area contributed by atoms with E-state index in [0.29, 0.717) is 0 Å². The molecule has 0 fully saturated rings. The highest BCUT2D eigenvalue weighted by Gasteiger charge is 2.15. The molecule has 0 aliphatic carbocycles. The molecule has 0 heterocycles. The largest absolute Gasteiger partial charge is 0.168 e. The van der Waals surface area contributed by atoms with E-state index < -0.39 is 7.38 Å². The number of alkyl halides is 1. The van der Waals surface area contributed by atoms with Gasteiger partial charge in [-0.2, -0.15) is 11.1 Å². The van der Waals surface area contributed by atoms with Crippen LogP contribution in [0.2, 0.25) is 19.1 Å². The minimum absolute atomic E-state index is 0.844. The summed E-state index contributed by atoms with van der Waals surface area (Å²) in [5.74, 6) is 0.844. The molecule has 0 aromatic rings. The van der Waals surface area contributed by atoms with Crippen LogP contribution in [0.15, 0.2) is 0 Å². The summed E-state index contributed by atoms with van der Waals surface area (Å²) in [6.45, 7) is 4.54. The van der Waals surface area contributed by atoms with Crippen molar-refractivity contribution in [3.8, 4) is 0 Å². The number of hydrogen-bond acceptors (Lipinski definition) is 0. The maximum Gasteiger partial charge on any atom is 0.150 e. The molecule has 33 heavy (non-hydrogen) atoms. The summed E-state index contributed by atoms with van der Waals surface area (Å²) < 4.78 is 0. The minimum Gasteiger partial charge on any atom is -0.168 e. The Morgan fingerprint density at radius 1 is 0.333 bits per heavy atom. The average molecular weight is 522 g/mol. The Morgan fingerprint density at radius 2 is 0.515 bits per heavy atom. The zero-order chi connectivity index (χ0) is 24.3. The molecule has 0 aromatic carbocycles. The van der Waals surface area contributed by atoms with E-state index in [1.165, 1.54) is 173 Å². The highest BCUT2D eigenvalue weighted by molar-refractivity contribution is 7.19. The zero-order valence-corrected chi connectivity index (χ0v) is 25.6. The smallest absolute Gasteiger partial charge is 0.150 e. The Balaban J connectivity index is 3.03. The summed E-state index contributed by atoms with van der Waals surface area (Å²) in [6.07, 6.45) is 37.4. The molecule has 0 unspecified atom stereocenters. The maximum absolute atomic E-state index is 6.38. The predicted molar refractivity (Wildman–Crippen MR) is 159 cm³/mol. The van der Waals surface area contributed by atoms with Crippen LogP contribution >= 0.6 is 22.7 Å². The molecule has 0 amide bonds. The topological polar surface area (TPSA) is 0 Å². The van der Waals surface area contributed by atoms with E-state index in [2.05, 4.69) is 13.1 Å². The van der Waals surface area contributed by atoms with E-state index in [1.54, 1.807) is 0 Å². The van der Waals surface area contributed by atoms with Gasteiger partial charge in [-0.05, 0) is 12.5 Å². The maximum atomic E-state index is 6.38. The molecule has 0 bridgehead atoms. The van der Waals surface area contributed by atoms with Crippen LogP contribution in [0, 0.1) is 0 Å². The summed E-state index contributed by atoms with van der Waals surface area (Å²) in [5, 5.41) is 0. The van der Waals surface area contributed by atoms with Gasteiger partial charge in [-0.25, -0.2) is 0 Å². The normalized spacial score (nSPS) is 12.0. The van der Waals surface area contributed by atoms with E-state index in [9.17, 15) is 0 Å². The summed E-state index contributed by atoms with van der Waals surface area (Å²) in [4.78, 5) is 0. The molecule has 0 aromatic heterocycles. The van der Waals surface area contributed by atoms with Crippen LogP contribution < -0.4 is 0 Å². The third-order valence-electron chi connectivity index (χ3n) is 7.15. The van der Waals surface area contributed by atoms with Crippen LogP contribution in [0.1, 0.15) is 167 Å². The van der Waals surface area contributed by atoms with Crippen molar-refractivity contribution in [2.45, 2.75) is 186 Å². The van der Waals surface area contributed by atoms with Crippen LogP contribution in [0.4, 0.5) is 0 Å². The lowest BCUT2D eigenvalue weighted by Crippen LogP contribution is -2.14. The van der Waals surface area contributed by atoms with Crippen molar-refractivity contribution in [1.82, 2.24) is 0 Å². The number of rotatable bonds is 28. The molecule has 0 spiro atoms. The predicted octanol–water partition coefficient (Wildman–Crippen LogP) is 12.8. The molecule has 0 nitrogen and oxygen atoms in total. The zero-order valence-electron chi connectivity index (χ0n) is 23.1. The molecule has 3 heteroatoms. The lowest BCUT2D eigenvalue weighted by Gasteiger charge is -2.11. The lowest BCUT2D eigenvalue weighted by atomic mass is 10.0. The van der Waals surface area contributed by atoms with Gasteiger partial charge in [0.1, 0.15) is 7.38 Å². The van der Waals surface area contributed by atoms with E-state index >= 15 is 0 Å². The van der Waals surface area contributed by atoms with Crippen LogP contribution in [0.3, 0.4) is 0 Å². The molecule has 0 aliphatic heterocycles. The number of halogens is 2. The summed E-state index contributed by atoms with van der Waals surface area (Å²) in [5.41, 5.74) is 0. The first-order valence-corrected chi connectivity index (χ1v) is 20.1. The number of hydrogen-bond donors (Lipinski definition) is 0. The molecular weight excluding hydrogens is 459 g/mol. The molecule has 0 N–H and O–H groups in total. The third kappa shape index (κ3) is 32.8. The molecule has 0 saturated heterocycles. The van der Waals surface area contributed by atoms with Gasteiger partial charge in [0.2, 0.25) is 0 Å². The third-order valence-corrected chi connectivity index (χ3v) is 9.53. The van der Waals surface area contributed by atoms with Gasteiger partial charge in [0.05, 0.1) is 0 Å². The first-order chi connectivity index (χ1) is 16.1. The van der Waals surface area contributed by atoms with Crippen molar-refractivity contribution in [2.75, 3.05) is 5.88 Å². The highest BCUT2D eigenvalue weighted by Crippen LogP contribution is 2.20. The second kappa shape index (κ2) is 27.4. The van der Waals surface area contributed by atoms with Gasteiger partial charge in [0, 0.05) is 5.88 Å². The van der Waals surface area contributed by atoms with Gasteiger partial charge in [0.25, 0.3) is 0 Å². The molecule has 0 atom stereocenters. The monoisotopic (exact) mass is 520 g/mol. The summed E-state index contributed by atoms with van der Waals surface area (Å²) >= 11 is 12.1. The second-order valence-electron chi connectivity index (χ2n) is 11.4. The van der Waals surface area contributed by atoms with Gasteiger partial charge >= 0.3 is 0 Å². The van der Waals surface area contributed by atoms with Gasteiger partial charge < -0.3 is 0 Å². The van der Waals surface area contributed by atoms with E-state index in [0.717, 1.165) is 5.88 Å². The summed E-state index contributed by atoms with van der Waals surface area (Å²) in [6, 6.07) is 1.30. The standard InChI is InChI=1S/C30H62Cl2Si/c1-33(2,32)30-28-26-24-22-20-18-16-14-12-10-8-6-4-3-5-7-9-11-13-15-17-19-21-23-25-27-29-31/h3-30H2,1-2H3. The fourth-order valence-corrected chi connectivity index (χ4v) is 6.56. The molecule has 0 saturated carbocycles. The Labute approximate surface area is 221 Å². The Morgan fingerprint density at radius 3 is 0.697 bits per heavy atom. The van der Waals surface area contributed by atoms with Crippen molar-refractivity contribution in [2.24, 2.45) is 0 Å². The van der Waals surface area contributed by atoms with Crippen LogP contribution in [-0.4, -0.2) is 13.3 Å². The van der Waals surface area contributed by atoms with E-state index in [1.807, 2.05) is 0 Å². The van der Waals surface area contributed by atoms with Crippen LogP contribution in [-0.2, 0) is 0 Å². The van der Waals surface area contributed by atoms with Gasteiger partial charge in [0.15, 0.2) is 0 Å². The first kappa shape index (κ1) is 33.8. The average Bonchev–Trinajstić information content (AvgIpc) is 2.78. The van der Waals surface area contributed by atoms with E-state index in [-0.39, 0.29) is 0 Å². The SMILES string of the molecule is C[Si](C)(Cl)CCCCCCCCCCCCCCCCCCCCCCCCCCCCCl. The molecule has 0 aliphatic rings. The quantitative estimate of drug-likeness (QED) is 0.0415. The van der Waals surface area contributed by atoms with Crippen molar-refractivity contribution in [3.05, 3.63) is 0 Å². The van der Waals surface area contributed by atoms with Crippen molar-refractivity contribution in [3.63, 3.8) is 0 Å². The molecule has 200 valence electrons. The van der Waals surface area contributed by atoms with Crippen LogP contribution in [0.25, 0.3) is 0 Å². The molecule has 0 rings (SSSR count). The fourth-order valence-electron chi connectivity index (χ4n) is 4.88.